The third-order valence-corrected chi connectivity index (χ3v) is 8.49. The molecule has 11 heteroatoms. The average molecular weight is 519 g/mol. The van der Waals surface area contributed by atoms with Crippen LogP contribution >= 0.6 is 11.7 Å². The van der Waals surface area contributed by atoms with Gasteiger partial charge in [-0.05, 0) is 62.9 Å². The van der Waals surface area contributed by atoms with Crippen LogP contribution in [0.1, 0.15) is 32.3 Å². The number of nitrogens with one attached hydrogen (secondary N) is 1. The molecular formula is C24H30N4O5S2. The molecular weight excluding hydrogens is 488 g/mol. The Kier molecular flexibility index (Phi) is 8.19. The van der Waals surface area contributed by atoms with Crippen molar-refractivity contribution in [3.8, 4) is 11.5 Å². The third-order valence-electron chi connectivity index (χ3n) is 6.01. The highest BCUT2D eigenvalue weighted by Gasteiger charge is 2.33. The molecule has 0 radical (unpaired) electrons. The number of piperidine rings is 1. The molecule has 2 aromatic carbocycles. The van der Waals surface area contributed by atoms with E-state index in [1.165, 1.54) is 4.31 Å². The van der Waals surface area contributed by atoms with Crippen molar-refractivity contribution < 1.29 is 22.7 Å². The molecule has 0 bridgehead atoms. The lowest BCUT2D eigenvalue weighted by Gasteiger charge is -2.30. The van der Waals surface area contributed by atoms with E-state index in [1.807, 2.05) is 32.0 Å². The van der Waals surface area contributed by atoms with E-state index in [9.17, 15) is 13.2 Å². The fraction of sp³-hybridized carbons (Fsp3) is 0.458. The van der Waals surface area contributed by atoms with Gasteiger partial charge in [-0.2, -0.15) is 13.1 Å². The Morgan fingerprint density at radius 2 is 1.83 bits per heavy atom. The number of carbonyl (C=O) groups is 1. The van der Waals surface area contributed by atoms with Crippen molar-refractivity contribution in [2.24, 2.45) is 5.92 Å². The molecule has 35 heavy (non-hydrogen) atoms. The summed E-state index contributed by atoms with van der Waals surface area (Å²) in [4.78, 5) is 12.9. The number of rotatable bonds is 10. The van der Waals surface area contributed by atoms with Gasteiger partial charge in [0, 0.05) is 25.6 Å². The quantitative estimate of drug-likeness (QED) is 0.439. The van der Waals surface area contributed by atoms with E-state index < -0.39 is 10.0 Å². The minimum atomic E-state index is -3.69. The first kappa shape index (κ1) is 25.3. The van der Waals surface area contributed by atoms with Crippen LogP contribution in [0.3, 0.4) is 0 Å². The zero-order valence-corrected chi connectivity index (χ0v) is 21.5. The maximum Gasteiger partial charge on any atom is 0.245 e. The smallest absolute Gasteiger partial charge is 0.245 e. The van der Waals surface area contributed by atoms with Crippen molar-refractivity contribution in [2.75, 3.05) is 32.8 Å². The van der Waals surface area contributed by atoms with Crippen LogP contribution in [-0.2, 0) is 21.2 Å². The molecule has 188 valence electrons. The van der Waals surface area contributed by atoms with Crippen molar-refractivity contribution in [1.82, 2.24) is 18.4 Å². The van der Waals surface area contributed by atoms with Crippen LogP contribution in [-0.4, -0.2) is 60.2 Å². The van der Waals surface area contributed by atoms with Crippen LogP contribution in [0, 0.1) is 5.92 Å². The van der Waals surface area contributed by atoms with Crippen LogP contribution in [0.15, 0.2) is 41.3 Å². The molecule has 1 N–H and O–H groups in total. The molecule has 9 nitrogen and oxygen atoms in total. The Balaban J connectivity index is 1.30. The Morgan fingerprint density at radius 3 is 2.57 bits per heavy atom. The Hall–Kier alpha value is -2.76. The summed E-state index contributed by atoms with van der Waals surface area (Å²) in [5.74, 6) is 1.17. The fourth-order valence-corrected chi connectivity index (χ4v) is 6.43. The molecule has 2 heterocycles. The molecule has 1 aliphatic rings. The largest absolute Gasteiger partial charge is 0.490 e. The Morgan fingerprint density at radius 1 is 1.09 bits per heavy atom. The van der Waals surface area contributed by atoms with Crippen molar-refractivity contribution in [1.29, 1.82) is 0 Å². The molecule has 1 amide bonds. The summed E-state index contributed by atoms with van der Waals surface area (Å²) in [6.45, 7) is 6.05. The summed E-state index contributed by atoms with van der Waals surface area (Å²) in [5, 5.41) is 3.00. The molecule has 0 atom stereocenters. The Labute approximate surface area is 209 Å². The third kappa shape index (κ3) is 5.74. The van der Waals surface area contributed by atoms with E-state index in [0.29, 0.717) is 74.6 Å². The molecule has 1 fully saturated rings. The zero-order chi connectivity index (χ0) is 24.8. The van der Waals surface area contributed by atoms with Gasteiger partial charge in [0.15, 0.2) is 11.5 Å². The standard InChI is InChI=1S/C24H30N4O5S2/c1-3-32-20-9-8-17(16-21(20)33-4-2)10-13-25-24(29)18-11-14-28(15-12-18)35(30,31)22-7-5-6-19-23(22)27-34-26-19/h5-9,16,18H,3-4,10-15H2,1-2H3,(H,25,29). The molecule has 1 aliphatic heterocycles. The lowest BCUT2D eigenvalue weighted by molar-refractivity contribution is -0.126. The molecule has 0 spiro atoms. The van der Waals surface area contributed by atoms with E-state index >= 15 is 0 Å². The van der Waals surface area contributed by atoms with Crippen LogP contribution in [0.4, 0.5) is 0 Å². The van der Waals surface area contributed by atoms with E-state index in [-0.39, 0.29) is 16.7 Å². The summed E-state index contributed by atoms with van der Waals surface area (Å²) >= 11 is 0.997. The topological polar surface area (TPSA) is 111 Å². The minimum Gasteiger partial charge on any atom is -0.490 e. The van der Waals surface area contributed by atoms with Crippen molar-refractivity contribution in [3.05, 3.63) is 42.0 Å². The van der Waals surface area contributed by atoms with Gasteiger partial charge in [-0.3, -0.25) is 4.79 Å². The predicted molar refractivity (Wildman–Crippen MR) is 134 cm³/mol. The number of amides is 1. The van der Waals surface area contributed by atoms with Crippen molar-refractivity contribution >= 4 is 38.7 Å². The monoisotopic (exact) mass is 518 g/mol. The van der Waals surface area contributed by atoms with Crippen LogP contribution in [0.2, 0.25) is 0 Å². The van der Waals surface area contributed by atoms with E-state index in [4.69, 9.17) is 9.47 Å². The zero-order valence-electron chi connectivity index (χ0n) is 19.9. The first-order valence-electron chi connectivity index (χ1n) is 11.8. The van der Waals surface area contributed by atoms with Gasteiger partial charge < -0.3 is 14.8 Å². The number of nitrogens with zero attached hydrogens (tertiary/aromatic N) is 3. The van der Waals surface area contributed by atoms with Gasteiger partial charge in [0.05, 0.1) is 24.9 Å². The number of ether oxygens (including phenoxy) is 2. The normalized spacial score (nSPS) is 15.3. The summed E-state index contributed by atoms with van der Waals surface area (Å²) in [6.07, 6.45) is 1.62. The summed E-state index contributed by atoms with van der Waals surface area (Å²) in [7, 11) is -3.69. The minimum absolute atomic E-state index is 0.0381. The maximum atomic E-state index is 13.2. The first-order valence-corrected chi connectivity index (χ1v) is 14.0. The number of carbonyl (C=O) groups excluding carboxylic acids is 1. The molecule has 0 unspecified atom stereocenters. The summed E-state index contributed by atoms with van der Waals surface area (Å²) in [6, 6.07) is 10.8. The highest BCUT2D eigenvalue weighted by Crippen LogP contribution is 2.29. The van der Waals surface area contributed by atoms with E-state index in [1.54, 1.807) is 18.2 Å². The second-order valence-electron chi connectivity index (χ2n) is 8.25. The highest BCUT2D eigenvalue weighted by atomic mass is 32.2. The first-order chi connectivity index (χ1) is 16.9. The number of aromatic nitrogens is 2. The number of fused-ring (bicyclic) bond motifs is 1. The van der Waals surface area contributed by atoms with Crippen LogP contribution in [0.25, 0.3) is 11.0 Å². The lowest BCUT2D eigenvalue weighted by atomic mass is 9.97. The van der Waals surface area contributed by atoms with Gasteiger partial charge in [0.2, 0.25) is 15.9 Å². The number of hydrogen-bond acceptors (Lipinski definition) is 8. The average Bonchev–Trinajstić information content (AvgIpc) is 3.35. The summed E-state index contributed by atoms with van der Waals surface area (Å²) in [5.41, 5.74) is 2.02. The Bertz CT molecular complexity index is 1270. The van der Waals surface area contributed by atoms with Crippen molar-refractivity contribution in [2.45, 2.75) is 38.0 Å². The van der Waals surface area contributed by atoms with Crippen molar-refractivity contribution in [3.63, 3.8) is 0 Å². The van der Waals surface area contributed by atoms with E-state index in [0.717, 1.165) is 17.3 Å². The van der Waals surface area contributed by atoms with Gasteiger partial charge in [0.1, 0.15) is 15.9 Å². The van der Waals surface area contributed by atoms with Gasteiger partial charge in [-0.1, -0.05) is 12.1 Å². The van der Waals surface area contributed by atoms with Gasteiger partial charge >= 0.3 is 0 Å². The lowest BCUT2D eigenvalue weighted by Crippen LogP contribution is -2.43. The SMILES string of the molecule is CCOc1ccc(CCNC(=O)C2CCN(S(=O)(=O)c3cccc4nsnc34)CC2)cc1OCC. The van der Waals surface area contributed by atoms with Gasteiger partial charge in [-0.15, -0.1) is 0 Å². The number of hydrogen-bond donors (Lipinski definition) is 1. The number of benzene rings is 2. The molecule has 1 aromatic heterocycles. The maximum absolute atomic E-state index is 13.2. The molecule has 0 saturated carbocycles. The molecule has 1 saturated heterocycles. The van der Waals surface area contributed by atoms with Crippen LogP contribution in [0.5, 0.6) is 11.5 Å². The number of sulfonamides is 1. The highest BCUT2D eigenvalue weighted by molar-refractivity contribution is 7.89. The molecule has 3 aromatic rings. The molecule has 0 aliphatic carbocycles. The molecule has 4 rings (SSSR count). The van der Waals surface area contributed by atoms with Crippen LogP contribution < -0.4 is 14.8 Å². The summed E-state index contributed by atoms with van der Waals surface area (Å²) < 4.78 is 47.4. The second kappa shape index (κ2) is 11.3. The van der Waals surface area contributed by atoms with E-state index in [2.05, 4.69) is 14.1 Å². The predicted octanol–water partition coefficient (Wildman–Crippen LogP) is 3.25. The second-order valence-corrected chi connectivity index (χ2v) is 10.7. The van der Waals surface area contributed by atoms with Gasteiger partial charge in [-0.25, -0.2) is 8.42 Å². The fourth-order valence-electron chi connectivity index (χ4n) is 4.21. The van der Waals surface area contributed by atoms with Gasteiger partial charge in [0.25, 0.3) is 0 Å².